The number of carbonyl (C=O) groups is 3. The van der Waals surface area contributed by atoms with E-state index in [2.05, 4.69) is 21.6 Å². The van der Waals surface area contributed by atoms with Gasteiger partial charge in [0.15, 0.2) is 0 Å². The van der Waals surface area contributed by atoms with Crippen molar-refractivity contribution in [1.82, 2.24) is 4.90 Å². The van der Waals surface area contributed by atoms with Crippen molar-refractivity contribution in [3.05, 3.63) is 111 Å². The Bertz CT molecular complexity index is 1630. The van der Waals surface area contributed by atoms with Crippen LogP contribution in [0, 0.1) is 0 Å². The Morgan fingerprint density at radius 3 is 2.41 bits per heavy atom. The Balaban J connectivity index is 0.000000232. The second kappa shape index (κ2) is 16.2. The number of morpholine rings is 1. The van der Waals surface area contributed by atoms with E-state index in [9.17, 15) is 14.4 Å². The first-order valence-corrected chi connectivity index (χ1v) is 16.3. The van der Waals surface area contributed by atoms with Crippen molar-refractivity contribution in [3.63, 3.8) is 0 Å². The van der Waals surface area contributed by atoms with E-state index in [1.807, 2.05) is 49.5 Å². The zero-order valence-corrected chi connectivity index (χ0v) is 26.7. The summed E-state index contributed by atoms with van der Waals surface area (Å²) in [5, 5.41) is 16.1. The smallest absolute Gasteiger partial charge is 0.335 e. The SMILES string of the molecule is CNc1sc2c(c1C(=O)Nc1ccc(OCc3ccc(C(=O)O)cc3)cc1)CCCC2.O=Cc1cccc(CN2CCOCC2)c1. The molecular formula is C36H39N3O6S. The molecule has 0 atom stereocenters. The lowest BCUT2D eigenvalue weighted by atomic mass is 9.95. The molecule has 9 nitrogen and oxygen atoms in total. The van der Waals surface area contributed by atoms with E-state index in [1.165, 1.54) is 22.4 Å². The molecule has 4 aromatic rings. The number of thiophene rings is 1. The fraction of sp³-hybridized carbons (Fsp3) is 0.306. The van der Waals surface area contributed by atoms with Gasteiger partial charge in [-0.05, 0) is 84.8 Å². The predicted octanol–water partition coefficient (Wildman–Crippen LogP) is 6.53. The van der Waals surface area contributed by atoms with E-state index in [4.69, 9.17) is 14.6 Å². The molecule has 6 rings (SSSR count). The van der Waals surface area contributed by atoms with E-state index in [1.54, 1.807) is 35.6 Å². The molecule has 0 saturated carbocycles. The lowest BCUT2D eigenvalue weighted by molar-refractivity contribution is 0.0342. The number of aromatic carboxylic acids is 1. The third-order valence-corrected chi connectivity index (χ3v) is 9.25. The molecule has 0 unspecified atom stereocenters. The van der Waals surface area contributed by atoms with E-state index in [-0.39, 0.29) is 11.5 Å². The number of hydrogen-bond donors (Lipinski definition) is 3. The molecule has 1 amide bonds. The highest BCUT2D eigenvalue weighted by Crippen LogP contribution is 2.38. The zero-order valence-electron chi connectivity index (χ0n) is 25.9. The van der Waals surface area contributed by atoms with Crippen molar-refractivity contribution in [2.24, 2.45) is 0 Å². The molecule has 1 fully saturated rings. The van der Waals surface area contributed by atoms with Crippen LogP contribution < -0.4 is 15.4 Å². The minimum Gasteiger partial charge on any atom is -0.489 e. The van der Waals surface area contributed by atoms with Gasteiger partial charge in [0, 0.05) is 42.8 Å². The maximum Gasteiger partial charge on any atom is 0.335 e. The summed E-state index contributed by atoms with van der Waals surface area (Å²) in [6.45, 7) is 4.82. The summed E-state index contributed by atoms with van der Waals surface area (Å²) in [5.74, 6) is -0.366. The number of ether oxygens (including phenoxy) is 2. The predicted molar refractivity (Wildman–Crippen MR) is 181 cm³/mol. The summed E-state index contributed by atoms with van der Waals surface area (Å²) in [4.78, 5) is 38.2. The van der Waals surface area contributed by atoms with Crippen LogP contribution in [-0.2, 0) is 30.7 Å². The van der Waals surface area contributed by atoms with Gasteiger partial charge in [0.1, 0.15) is 23.6 Å². The van der Waals surface area contributed by atoms with Crippen LogP contribution >= 0.6 is 11.3 Å². The van der Waals surface area contributed by atoms with Crippen molar-refractivity contribution < 1.29 is 29.0 Å². The quantitative estimate of drug-likeness (QED) is 0.167. The van der Waals surface area contributed by atoms with Gasteiger partial charge in [-0.3, -0.25) is 14.5 Å². The number of anilines is 2. The number of nitrogens with one attached hydrogen (secondary N) is 2. The normalized spacial score (nSPS) is 14.3. The second-order valence-electron chi connectivity index (χ2n) is 11.2. The van der Waals surface area contributed by atoms with Gasteiger partial charge in [-0.1, -0.05) is 30.3 Å². The van der Waals surface area contributed by atoms with E-state index in [0.29, 0.717) is 18.0 Å². The number of hydrogen-bond acceptors (Lipinski definition) is 8. The van der Waals surface area contributed by atoms with Crippen LogP contribution in [0.15, 0.2) is 72.8 Å². The minimum atomic E-state index is -0.949. The summed E-state index contributed by atoms with van der Waals surface area (Å²) in [5.41, 5.74) is 5.74. The maximum absolute atomic E-state index is 13.0. The van der Waals surface area contributed by atoms with Gasteiger partial charge >= 0.3 is 5.97 Å². The van der Waals surface area contributed by atoms with Crippen LogP contribution in [0.5, 0.6) is 5.75 Å². The molecule has 2 heterocycles. The van der Waals surface area contributed by atoms with Gasteiger partial charge in [-0.25, -0.2) is 4.79 Å². The monoisotopic (exact) mass is 641 g/mol. The summed E-state index contributed by atoms with van der Waals surface area (Å²) in [6.07, 6.45) is 5.20. The average Bonchev–Trinajstić information content (AvgIpc) is 3.48. The van der Waals surface area contributed by atoms with E-state index >= 15 is 0 Å². The van der Waals surface area contributed by atoms with E-state index < -0.39 is 5.97 Å². The number of carboxylic acids is 1. The van der Waals surface area contributed by atoms with Crippen molar-refractivity contribution in [2.75, 3.05) is 44.0 Å². The number of carbonyl (C=O) groups excluding carboxylic acids is 2. The first kappa shape index (κ1) is 32.9. The molecule has 1 aliphatic heterocycles. The van der Waals surface area contributed by atoms with Gasteiger partial charge < -0.3 is 25.2 Å². The maximum atomic E-state index is 13.0. The molecule has 10 heteroatoms. The highest BCUT2D eigenvalue weighted by Gasteiger charge is 2.25. The van der Waals surface area contributed by atoms with E-state index in [0.717, 1.165) is 80.1 Å². The second-order valence-corrected chi connectivity index (χ2v) is 12.3. The van der Waals surface area contributed by atoms with Crippen LogP contribution in [0.1, 0.15) is 65.5 Å². The van der Waals surface area contributed by atoms with Gasteiger partial charge in [0.2, 0.25) is 0 Å². The van der Waals surface area contributed by atoms with Crippen LogP contribution in [0.25, 0.3) is 0 Å². The number of aldehydes is 1. The molecular weight excluding hydrogens is 602 g/mol. The highest BCUT2D eigenvalue weighted by molar-refractivity contribution is 7.16. The van der Waals surface area contributed by atoms with Gasteiger partial charge in [-0.2, -0.15) is 0 Å². The zero-order chi connectivity index (χ0) is 32.3. The molecule has 0 spiro atoms. The van der Waals surface area contributed by atoms with Crippen LogP contribution in [0.2, 0.25) is 0 Å². The lowest BCUT2D eigenvalue weighted by Crippen LogP contribution is -2.35. The van der Waals surface area contributed by atoms with Gasteiger partial charge in [-0.15, -0.1) is 11.3 Å². The fourth-order valence-electron chi connectivity index (χ4n) is 5.50. The summed E-state index contributed by atoms with van der Waals surface area (Å²) < 4.78 is 11.1. The largest absolute Gasteiger partial charge is 0.489 e. The molecule has 2 aliphatic rings. The molecule has 1 aliphatic carbocycles. The van der Waals surface area contributed by atoms with Gasteiger partial charge in [0.25, 0.3) is 5.91 Å². The Kier molecular flexibility index (Phi) is 11.6. The number of benzene rings is 3. The third-order valence-electron chi connectivity index (χ3n) is 7.94. The average molecular weight is 642 g/mol. The number of amides is 1. The summed E-state index contributed by atoms with van der Waals surface area (Å²) >= 11 is 1.69. The summed E-state index contributed by atoms with van der Waals surface area (Å²) in [6, 6.07) is 21.6. The van der Waals surface area contributed by atoms with Crippen molar-refractivity contribution in [2.45, 2.75) is 38.8 Å². The number of carboxylic acid groups (broad SMARTS) is 1. The lowest BCUT2D eigenvalue weighted by Gasteiger charge is -2.26. The Morgan fingerprint density at radius 2 is 1.72 bits per heavy atom. The Hall–Kier alpha value is -4.51. The molecule has 0 bridgehead atoms. The first-order chi connectivity index (χ1) is 22.4. The van der Waals surface area contributed by atoms with Crippen molar-refractivity contribution >= 4 is 40.2 Å². The first-order valence-electron chi connectivity index (χ1n) is 15.5. The number of rotatable bonds is 10. The van der Waals surface area contributed by atoms with Crippen molar-refractivity contribution in [3.8, 4) is 5.75 Å². The number of fused-ring (bicyclic) bond motifs is 1. The molecule has 3 aromatic carbocycles. The molecule has 0 radical (unpaired) electrons. The Labute approximate surface area is 273 Å². The Morgan fingerprint density at radius 1 is 0.978 bits per heavy atom. The molecule has 1 saturated heterocycles. The third kappa shape index (κ3) is 8.81. The van der Waals surface area contributed by atoms with Gasteiger partial charge in [0.05, 0.1) is 24.3 Å². The number of aryl methyl sites for hydroxylation is 1. The standard InChI is InChI=1S/C24H24N2O4S.C12H15NO2/c1-25-23-21(19-4-2-3-5-20(19)31-23)22(27)26-17-10-12-18(13-11-17)30-14-15-6-8-16(9-7-15)24(28)29;14-10-12-3-1-2-11(8-12)9-13-4-6-15-7-5-13/h6-13,25H,2-5,14H2,1H3,(H,26,27)(H,28,29);1-3,8,10H,4-7,9H2. The fourth-order valence-corrected chi connectivity index (χ4v) is 6.74. The molecule has 1 aromatic heterocycles. The van der Waals surface area contributed by atoms with Crippen LogP contribution in [0.3, 0.4) is 0 Å². The van der Waals surface area contributed by atoms with Crippen LogP contribution in [0.4, 0.5) is 10.7 Å². The molecule has 240 valence electrons. The summed E-state index contributed by atoms with van der Waals surface area (Å²) in [7, 11) is 1.86. The van der Waals surface area contributed by atoms with Crippen molar-refractivity contribution in [1.29, 1.82) is 0 Å². The molecule has 3 N–H and O–H groups in total. The number of nitrogens with zero attached hydrogens (tertiary/aromatic N) is 1. The minimum absolute atomic E-state index is 0.0871. The van der Waals surface area contributed by atoms with Crippen LogP contribution in [-0.4, -0.2) is 61.5 Å². The topological polar surface area (TPSA) is 117 Å². The molecule has 46 heavy (non-hydrogen) atoms. The highest BCUT2D eigenvalue weighted by atomic mass is 32.1.